The average Bonchev–Trinajstić information content (AvgIpc) is 2.94. The van der Waals surface area contributed by atoms with Crippen LogP contribution in [-0.2, 0) is 19.9 Å². The standard InChI is InChI=1S/C23H37N5O.HI/c1-7-8-15-29-21-11-9-20(10-12-21)13-14-25-23(24-5)26-17(2)16-22-18(3)27-28(6)19(22)4;/h9-12,17H,7-8,13-16H2,1-6H3,(H2,24,25,26);1H. The van der Waals surface area contributed by atoms with Gasteiger partial charge in [0.05, 0.1) is 12.3 Å². The molecule has 1 aromatic carbocycles. The first kappa shape index (κ1) is 26.3. The summed E-state index contributed by atoms with van der Waals surface area (Å²) in [5.41, 5.74) is 4.92. The maximum atomic E-state index is 5.72. The molecule has 1 heterocycles. The van der Waals surface area contributed by atoms with Crippen LogP contribution < -0.4 is 15.4 Å². The quantitative estimate of drug-likeness (QED) is 0.211. The van der Waals surface area contributed by atoms with Crippen LogP contribution in [0.3, 0.4) is 0 Å². The number of guanidine groups is 1. The van der Waals surface area contributed by atoms with Crippen molar-refractivity contribution in [3.05, 3.63) is 46.8 Å². The van der Waals surface area contributed by atoms with Crippen molar-refractivity contribution in [3.8, 4) is 5.75 Å². The van der Waals surface area contributed by atoms with Gasteiger partial charge in [0.1, 0.15) is 5.75 Å². The highest BCUT2D eigenvalue weighted by Crippen LogP contribution is 2.14. The van der Waals surface area contributed by atoms with Gasteiger partial charge < -0.3 is 15.4 Å². The molecule has 6 nitrogen and oxygen atoms in total. The fourth-order valence-electron chi connectivity index (χ4n) is 3.31. The lowest BCUT2D eigenvalue weighted by atomic mass is 10.1. The summed E-state index contributed by atoms with van der Waals surface area (Å²) in [4.78, 5) is 4.36. The number of ether oxygens (including phenoxy) is 1. The van der Waals surface area contributed by atoms with E-state index in [9.17, 15) is 0 Å². The number of benzene rings is 1. The third-order valence-corrected chi connectivity index (χ3v) is 5.17. The Labute approximate surface area is 198 Å². The van der Waals surface area contributed by atoms with Crippen molar-refractivity contribution in [1.29, 1.82) is 0 Å². The molecule has 2 aromatic rings. The van der Waals surface area contributed by atoms with Crippen molar-refractivity contribution in [2.45, 2.75) is 59.4 Å². The Morgan fingerprint density at radius 2 is 1.93 bits per heavy atom. The minimum atomic E-state index is 0. The maximum Gasteiger partial charge on any atom is 0.191 e. The van der Waals surface area contributed by atoms with Crippen LogP contribution in [0.25, 0.3) is 0 Å². The van der Waals surface area contributed by atoms with Crippen LogP contribution in [0, 0.1) is 13.8 Å². The van der Waals surface area contributed by atoms with Crippen molar-refractivity contribution in [2.24, 2.45) is 12.0 Å². The molecule has 7 heteroatoms. The van der Waals surface area contributed by atoms with E-state index in [4.69, 9.17) is 4.74 Å². The van der Waals surface area contributed by atoms with Crippen molar-refractivity contribution in [3.63, 3.8) is 0 Å². The molecule has 0 saturated heterocycles. The van der Waals surface area contributed by atoms with E-state index in [0.717, 1.165) is 56.2 Å². The van der Waals surface area contributed by atoms with E-state index >= 15 is 0 Å². The van der Waals surface area contributed by atoms with Crippen LogP contribution >= 0.6 is 24.0 Å². The molecule has 0 aliphatic rings. The van der Waals surface area contributed by atoms with Crippen molar-refractivity contribution >= 4 is 29.9 Å². The van der Waals surface area contributed by atoms with E-state index in [1.54, 1.807) is 0 Å². The summed E-state index contributed by atoms with van der Waals surface area (Å²) in [6.07, 6.45) is 4.10. The Kier molecular flexibility index (Phi) is 11.8. The predicted octanol–water partition coefficient (Wildman–Crippen LogP) is 4.17. The minimum absolute atomic E-state index is 0. The smallest absolute Gasteiger partial charge is 0.191 e. The Morgan fingerprint density at radius 1 is 1.23 bits per heavy atom. The Balaban J connectivity index is 0.00000450. The summed E-state index contributed by atoms with van der Waals surface area (Å²) < 4.78 is 7.67. The van der Waals surface area contributed by atoms with E-state index in [-0.39, 0.29) is 30.0 Å². The number of aromatic nitrogens is 2. The zero-order valence-corrected chi connectivity index (χ0v) is 21.6. The summed E-state index contributed by atoms with van der Waals surface area (Å²) in [5, 5.41) is 11.4. The zero-order valence-electron chi connectivity index (χ0n) is 19.3. The van der Waals surface area contributed by atoms with Gasteiger partial charge in [0.15, 0.2) is 5.96 Å². The summed E-state index contributed by atoms with van der Waals surface area (Å²) in [5.74, 6) is 1.78. The second-order valence-electron chi connectivity index (χ2n) is 7.62. The van der Waals surface area contributed by atoms with E-state index in [0.29, 0.717) is 0 Å². The van der Waals surface area contributed by atoms with Gasteiger partial charge in [-0.1, -0.05) is 25.5 Å². The Morgan fingerprint density at radius 3 is 2.50 bits per heavy atom. The number of nitrogens with zero attached hydrogens (tertiary/aromatic N) is 3. The molecule has 2 rings (SSSR count). The average molecular weight is 527 g/mol. The van der Waals surface area contributed by atoms with Gasteiger partial charge in [0, 0.05) is 32.4 Å². The molecule has 1 atom stereocenters. The van der Waals surface area contributed by atoms with Gasteiger partial charge in [-0.3, -0.25) is 9.67 Å². The second kappa shape index (κ2) is 13.5. The molecular weight excluding hydrogens is 489 g/mol. The van der Waals surface area contributed by atoms with Gasteiger partial charge in [-0.15, -0.1) is 24.0 Å². The van der Waals surface area contributed by atoms with Gasteiger partial charge in [0.25, 0.3) is 0 Å². The molecule has 0 bridgehead atoms. The summed E-state index contributed by atoms with van der Waals surface area (Å²) in [6, 6.07) is 8.64. The summed E-state index contributed by atoms with van der Waals surface area (Å²) in [6.45, 7) is 10.2. The zero-order chi connectivity index (χ0) is 21.2. The molecule has 0 amide bonds. The molecular formula is C23H38IN5O. The number of aliphatic imine (C=N–C) groups is 1. The van der Waals surface area contributed by atoms with Crippen molar-refractivity contribution in [2.75, 3.05) is 20.2 Å². The highest BCUT2D eigenvalue weighted by Gasteiger charge is 2.13. The van der Waals surface area contributed by atoms with Gasteiger partial charge in [-0.05, 0) is 63.3 Å². The Hall–Kier alpha value is -1.77. The fraction of sp³-hybridized carbons (Fsp3) is 0.565. The number of nitrogens with one attached hydrogen (secondary N) is 2. The molecule has 1 unspecified atom stereocenters. The minimum Gasteiger partial charge on any atom is -0.494 e. The predicted molar refractivity (Wildman–Crippen MR) is 136 cm³/mol. The van der Waals surface area contributed by atoms with Crippen molar-refractivity contribution in [1.82, 2.24) is 20.4 Å². The highest BCUT2D eigenvalue weighted by molar-refractivity contribution is 14.0. The molecule has 0 spiro atoms. The second-order valence-corrected chi connectivity index (χ2v) is 7.62. The molecule has 168 valence electrons. The molecule has 2 N–H and O–H groups in total. The number of aryl methyl sites for hydroxylation is 2. The fourth-order valence-corrected chi connectivity index (χ4v) is 3.31. The third kappa shape index (κ3) is 8.16. The van der Waals surface area contributed by atoms with Gasteiger partial charge in [-0.2, -0.15) is 5.10 Å². The van der Waals surface area contributed by atoms with Gasteiger partial charge >= 0.3 is 0 Å². The Bertz CT molecular complexity index is 786. The molecule has 0 aliphatic heterocycles. The normalized spacial score (nSPS) is 12.3. The number of unbranched alkanes of at least 4 members (excludes halogenated alkanes) is 1. The lowest BCUT2D eigenvalue weighted by Crippen LogP contribution is -2.43. The number of rotatable bonds is 10. The van der Waals surface area contributed by atoms with E-state index < -0.39 is 0 Å². The first-order chi connectivity index (χ1) is 13.9. The van der Waals surface area contributed by atoms with Gasteiger partial charge in [-0.25, -0.2) is 0 Å². The maximum absolute atomic E-state index is 5.72. The van der Waals surface area contributed by atoms with Gasteiger partial charge in [0.2, 0.25) is 0 Å². The molecule has 0 saturated carbocycles. The van der Waals surface area contributed by atoms with Crippen LogP contribution in [0.15, 0.2) is 29.3 Å². The van der Waals surface area contributed by atoms with Crippen LogP contribution in [0.2, 0.25) is 0 Å². The van der Waals surface area contributed by atoms with Crippen LogP contribution in [0.5, 0.6) is 5.75 Å². The summed E-state index contributed by atoms with van der Waals surface area (Å²) in [7, 11) is 3.80. The monoisotopic (exact) mass is 527 g/mol. The summed E-state index contributed by atoms with van der Waals surface area (Å²) >= 11 is 0. The molecule has 0 aliphatic carbocycles. The van der Waals surface area contributed by atoms with E-state index in [2.05, 4.69) is 72.7 Å². The number of hydrogen-bond donors (Lipinski definition) is 2. The molecule has 30 heavy (non-hydrogen) atoms. The molecule has 0 radical (unpaired) electrons. The van der Waals surface area contributed by atoms with E-state index in [1.807, 2.05) is 18.8 Å². The number of hydrogen-bond acceptors (Lipinski definition) is 3. The largest absolute Gasteiger partial charge is 0.494 e. The molecule has 1 aromatic heterocycles. The van der Waals surface area contributed by atoms with E-state index in [1.165, 1.54) is 16.8 Å². The van der Waals surface area contributed by atoms with Crippen LogP contribution in [0.4, 0.5) is 0 Å². The van der Waals surface area contributed by atoms with Crippen LogP contribution in [-0.4, -0.2) is 42.0 Å². The third-order valence-electron chi connectivity index (χ3n) is 5.17. The first-order valence-electron chi connectivity index (χ1n) is 10.6. The van der Waals surface area contributed by atoms with Crippen molar-refractivity contribution < 1.29 is 4.74 Å². The number of halogens is 1. The first-order valence-corrected chi connectivity index (χ1v) is 10.6. The lowest BCUT2D eigenvalue weighted by Gasteiger charge is -2.18. The highest BCUT2D eigenvalue weighted by atomic mass is 127. The van der Waals surface area contributed by atoms with Crippen LogP contribution in [0.1, 0.15) is 49.2 Å². The SMILES string of the molecule is CCCCOc1ccc(CCNC(=NC)NC(C)Cc2c(C)nn(C)c2C)cc1.I. The molecule has 0 fully saturated rings. The lowest BCUT2D eigenvalue weighted by molar-refractivity contribution is 0.309. The topological polar surface area (TPSA) is 63.5 Å².